The summed E-state index contributed by atoms with van der Waals surface area (Å²) < 4.78 is 0. The van der Waals surface area contributed by atoms with Crippen molar-refractivity contribution < 1.29 is 0 Å². The minimum Gasteiger partial charge on any atom is -0.318 e. The smallest absolute Gasteiger partial charge is 0.0475 e. The van der Waals surface area contributed by atoms with Crippen LogP contribution in [0.25, 0.3) is 0 Å². The van der Waals surface area contributed by atoms with Crippen LogP contribution in [-0.2, 0) is 0 Å². The number of rotatable bonds is 5. The Labute approximate surface area is 57.4 Å². The van der Waals surface area contributed by atoms with Gasteiger partial charge in [0.25, 0.3) is 0 Å². The molecule has 0 saturated heterocycles. The van der Waals surface area contributed by atoms with Crippen LogP contribution in [0.1, 0.15) is 0 Å². The zero-order chi connectivity index (χ0) is 7.11. The van der Waals surface area contributed by atoms with Crippen molar-refractivity contribution in [3.63, 3.8) is 0 Å². The molecule has 0 aliphatic heterocycles. The van der Waals surface area contributed by atoms with Crippen LogP contribution in [0.2, 0.25) is 0 Å². The maximum absolute atomic E-state index is 3.25. The molecule has 56 valence electrons. The first-order chi connectivity index (χ1) is 4.27. The van der Waals surface area contributed by atoms with Gasteiger partial charge in [-0.3, -0.25) is 4.90 Å². The summed E-state index contributed by atoms with van der Waals surface area (Å²) in [6.07, 6.45) is 0. The highest BCUT2D eigenvalue weighted by molar-refractivity contribution is 4.45. The Bertz CT molecular complexity index is 54.3. The maximum Gasteiger partial charge on any atom is 0.0475 e. The molecule has 0 bridgehead atoms. The lowest BCUT2D eigenvalue weighted by Gasteiger charge is -2.09. The minimum absolute atomic E-state index is 0.960. The van der Waals surface area contributed by atoms with Gasteiger partial charge in [0.2, 0.25) is 0 Å². The fourth-order valence-electron chi connectivity index (χ4n) is 0.516. The highest BCUT2D eigenvalue weighted by Gasteiger charge is 1.85. The van der Waals surface area contributed by atoms with E-state index >= 15 is 0 Å². The molecule has 0 aromatic rings. The first-order valence-corrected chi connectivity index (χ1v) is 3.27. The van der Waals surface area contributed by atoms with Crippen LogP contribution >= 0.6 is 0 Å². The molecule has 2 N–H and O–H groups in total. The van der Waals surface area contributed by atoms with Crippen LogP contribution in [0.15, 0.2) is 0 Å². The Kier molecular flexibility index (Phi) is 5.93. The molecule has 9 heavy (non-hydrogen) atoms. The first-order valence-electron chi connectivity index (χ1n) is 3.27. The second-order valence-corrected chi connectivity index (χ2v) is 2.34. The zero-order valence-electron chi connectivity index (χ0n) is 6.57. The molecule has 0 spiro atoms. The Morgan fingerprint density at radius 3 is 2.33 bits per heavy atom. The van der Waals surface area contributed by atoms with Crippen molar-refractivity contribution in [1.82, 2.24) is 15.5 Å². The average molecular weight is 131 g/mol. The quantitative estimate of drug-likeness (QED) is 0.382. The van der Waals surface area contributed by atoms with Gasteiger partial charge in [0.15, 0.2) is 0 Å². The minimum atomic E-state index is 0.960. The number of hydrogen-bond acceptors (Lipinski definition) is 3. The van der Waals surface area contributed by atoms with Crippen molar-refractivity contribution in [3.8, 4) is 0 Å². The van der Waals surface area contributed by atoms with E-state index in [1.807, 2.05) is 21.1 Å². The summed E-state index contributed by atoms with van der Waals surface area (Å²) in [4.78, 5) is 2.11. The predicted molar refractivity (Wildman–Crippen MR) is 40.5 cm³/mol. The molecule has 0 rings (SSSR count). The summed E-state index contributed by atoms with van der Waals surface area (Å²) in [6, 6.07) is 0. The van der Waals surface area contributed by atoms with E-state index in [1.54, 1.807) is 0 Å². The molecule has 0 amide bonds. The summed E-state index contributed by atoms with van der Waals surface area (Å²) in [5, 5.41) is 6.31. The monoisotopic (exact) mass is 131 g/mol. The van der Waals surface area contributed by atoms with Gasteiger partial charge in [0.1, 0.15) is 0 Å². The summed E-state index contributed by atoms with van der Waals surface area (Å²) in [5.41, 5.74) is 0. The van der Waals surface area contributed by atoms with Crippen LogP contribution in [-0.4, -0.2) is 45.8 Å². The van der Waals surface area contributed by atoms with E-state index in [-0.39, 0.29) is 0 Å². The fourth-order valence-corrected chi connectivity index (χ4v) is 0.516. The Balaban J connectivity index is 2.75. The molecule has 0 aliphatic rings. The zero-order valence-corrected chi connectivity index (χ0v) is 6.57. The molecule has 0 aromatic carbocycles. The van der Waals surface area contributed by atoms with E-state index in [4.69, 9.17) is 0 Å². The summed E-state index contributed by atoms with van der Waals surface area (Å²) in [7, 11) is 6.05. The third-order valence-corrected chi connectivity index (χ3v) is 0.980. The van der Waals surface area contributed by atoms with Gasteiger partial charge in [-0.15, -0.1) is 0 Å². The molecule has 0 fully saturated rings. The summed E-state index contributed by atoms with van der Waals surface area (Å²) in [5.74, 6) is 0. The highest BCUT2D eigenvalue weighted by Crippen LogP contribution is 1.65. The van der Waals surface area contributed by atoms with Gasteiger partial charge >= 0.3 is 0 Å². The van der Waals surface area contributed by atoms with Gasteiger partial charge in [0, 0.05) is 19.8 Å². The average Bonchev–Trinajstić information content (AvgIpc) is 1.80. The van der Waals surface area contributed by atoms with E-state index in [2.05, 4.69) is 15.5 Å². The molecular weight excluding hydrogens is 114 g/mol. The lowest BCUT2D eigenvalue weighted by Crippen LogP contribution is -2.32. The van der Waals surface area contributed by atoms with E-state index < -0.39 is 0 Å². The van der Waals surface area contributed by atoms with Crippen molar-refractivity contribution in [3.05, 3.63) is 0 Å². The van der Waals surface area contributed by atoms with Crippen LogP contribution < -0.4 is 10.6 Å². The van der Waals surface area contributed by atoms with E-state index in [9.17, 15) is 0 Å². The van der Waals surface area contributed by atoms with Crippen LogP contribution in [0.4, 0.5) is 0 Å². The van der Waals surface area contributed by atoms with Crippen molar-refractivity contribution in [1.29, 1.82) is 0 Å². The lowest BCUT2D eigenvalue weighted by molar-refractivity contribution is 0.369. The van der Waals surface area contributed by atoms with E-state index in [0.717, 1.165) is 19.8 Å². The third-order valence-electron chi connectivity index (χ3n) is 0.980. The number of likely N-dealkylation sites (N-methyl/N-ethyl adjacent to an activating group) is 1. The second kappa shape index (κ2) is 6.01. The molecular formula is C6H17N3. The topological polar surface area (TPSA) is 27.3 Å². The number of hydrogen-bond donors (Lipinski definition) is 2. The van der Waals surface area contributed by atoms with Gasteiger partial charge in [-0.05, 0) is 21.1 Å². The third kappa shape index (κ3) is 7.88. The van der Waals surface area contributed by atoms with Crippen molar-refractivity contribution in [2.24, 2.45) is 0 Å². The van der Waals surface area contributed by atoms with E-state index in [1.165, 1.54) is 0 Å². The number of nitrogens with one attached hydrogen (secondary N) is 2. The van der Waals surface area contributed by atoms with Gasteiger partial charge in [0.05, 0.1) is 0 Å². The summed E-state index contributed by atoms with van der Waals surface area (Å²) in [6.45, 7) is 3.03. The fraction of sp³-hybridized carbons (Fsp3) is 1.00. The van der Waals surface area contributed by atoms with Gasteiger partial charge in [-0.2, -0.15) is 0 Å². The van der Waals surface area contributed by atoms with Crippen molar-refractivity contribution in [2.45, 2.75) is 0 Å². The summed E-state index contributed by atoms with van der Waals surface area (Å²) >= 11 is 0. The predicted octanol–water partition coefficient (Wildman–Crippen LogP) is -0.685. The molecule has 3 nitrogen and oxygen atoms in total. The Hall–Kier alpha value is -0.120. The molecule has 3 heteroatoms. The second-order valence-electron chi connectivity index (χ2n) is 2.34. The van der Waals surface area contributed by atoms with Gasteiger partial charge in [-0.25, -0.2) is 0 Å². The lowest BCUT2D eigenvalue weighted by atomic mass is 10.6. The molecule has 0 unspecified atom stereocenters. The molecule has 0 aliphatic carbocycles. The standard InChI is InChI=1S/C6H17N3/c1-7-4-5-8-6-9(2)3/h7-8H,4-6H2,1-3H3. The molecule has 0 saturated carbocycles. The maximum atomic E-state index is 3.25. The molecule has 0 heterocycles. The molecule has 0 radical (unpaired) electrons. The molecule has 0 atom stereocenters. The molecule has 0 aromatic heterocycles. The first kappa shape index (κ1) is 8.88. The Morgan fingerprint density at radius 1 is 1.22 bits per heavy atom. The van der Waals surface area contributed by atoms with Gasteiger partial charge in [-0.1, -0.05) is 0 Å². The van der Waals surface area contributed by atoms with Crippen molar-refractivity contribution >= 4 is 0 Å². The number of nitrogens with zero attached hydrogens (tertiary/aromatic N) is 1. The van der Waals surface area contributed by atoms with Gasteiger partial charge < -0.3 is 10.6 Å². The Morgan fingerprint density at radius 2 is 1.89 bits per heavy atom. The SMILES string of the molecule is CNCCNCN(C)C. The largest absolute Gasteiger partial charge is 0.318 e. The van der Waals surface area contributed by atoms with Crippen molar-refractivity contribution in [2.75, 3.05) is 40.9 Å². The van der Waals surface area contributed by atoms with E-state index in [0.29, 0.717) is 0 Å². The highest BCUT2D eigenvalue weighted by atomic mass is 15.2. The van der Waals surface area contributed by atoms with Crippen LogP contribution in [0.5, 0.6) is 0 Å². The normalized spacial score (nSPS) is 10.7. The van der Waals surface area contributed by atoms with Crippen LogP contribution in [0.3, 0.4) is 0 Å². The van der Waals surface area contributed by atoms with Crippen LogP contribution in [0, 0.1) is 0 Å².